The topological polar surface area (TPSA) is 34.9 Å². The Morgan fingerprint density at radius 3 is 2.62 bits per heavy atom. The minimum atomic E-state index is -0.296. The van der Waals surface area contributed by atoms with E-state index in [9.17, 15) is 9.18 Å². The van der Waals surface area contributed by atoms with Gasteiger partial charge >= 0.3 is 0 Å². The van der Waals surface area contributed by atoms with E-state index in [1.807, 2.05) is 25.1 Å². The molecule has 0 saturated carbocycles. The second-order valence-corrected chi connectivity index (χ2v) is 7.29. The molecule has 0 aliphatic rings. The van der Waals surface area contributed by atoms with E-state index in [0.29, 0.717) is 22.8 Å². The molecule has 3 aromatic rings. The number of benzene rings is 2. The number of nitrogens with zero attached hydrogens (tertiary/aromatic N) is 2. The molecule has 0 spiro atoms. The fourth-order valence-corrected chi connectivity index (χ4v) is 3.91. The Bertz CT molecular complexity index is 998. The van der Waals surface area contributed by atoms with Crippen LogP contribution in [-0.4, -0.2) is 9.55 Å². The average molecular weight is 368 g/mol. The zero-order valence-electron chi connectivity index (χ0n) is 15.1. The number of rotatable bonds is 5. The third-order valence-corrected chi connectivity index (χ3v) is 5.52. The van der Waals surface area contributed by atoms with E-state index in [2.05, 4.69) is 24.0 Å². The quantitative estimate of drug-likeness (QED) is 0.494. The number of halogens is 1. The van der Waals surface area contributed by atoms with Gasteiger partial charge in [-0.2, -0.15) is 0 Å². The minimum Gasteiger partial charge on any atom is -0.291 e. The molecule has 0 bridgehead atoms. The van der Waals surface area contributed by atoms with Crippen molar-refractivity contribution in [3.63, 3.8) is 0 Å². The zero-order chi connectivity index (χ0) is 18.7. The molecular formula is C21H21FN2OS. The third kappa shape index (κ3) is 4.05. The highest BCUT2D eigenvalue weighted by Crippen LogP contribution is 2.23. The van der Waals surface area contributed by atoms with Crippen molar-refractivity contribution in [2.45, 2.75) is 31.2 Å². The lowest BCUT2D eigenvalue weighted by Gasteiger charge is -2.13. The smallest absolute Gasteiger partial charge is 0.257 e. The van der Waals surface area contributed by atoms with Crippen molar-refractivity contribution in [3.8, 4) is 0 Å². The van der Waals surface area contributed by atoms with Crippen molar-refractivity contribution in [1.82, 2.24) is 9.55 Å². The van der Waals surface area contributed by atoms with Crippen LogP contribution in [0.25, 0.3) is 0 Å². The van der Waals surface area contributed by atoms with Crippen LogP contribution in [0, 0.1) is 19.7 Å². The summed E-state index contributed by atoms with van der Waals surface area (Å²) in [6, 6.07) is 14.5. The first-order valence-electron chi connectivity index (χ1n) is 8.44. The van der Waals surface area contributed by atoms with Crippen molar-refractivity contribution in [2.75, 3.05) is 0 Å². The molecule has 3 nitrogen and oxygen atoms in total. The molecule has 1 aromatic heterocycles. The molecule has 0 atom stereocenters. The first kappa shape index (κ1) is 18.4. The Morgan fingerprint density at radius 2 is 1.88 bits per heavy atom. The summed E-state index contributed by atoms with van der Waals surface area (Å²) in [6.07, 6.45) is 0.381. The Morgan fingerprint density at radius 1 is 1.12 bits per heavy atom. The Hall–Kier alpha value is -2.40. The summed E-state index contributed by atoms with van der Waals surface area (Å²) in [6.45, 7) is 3.92. The molecule has 0 aliphatic carbocycles. The molecule has 5 heteroatoms. The molecule has 0 radical (unpaired) electrons. The van der Waals surface area contributed by atoms with Crippen LogP contribution in [0.2, 0.25) is 0 Å². The van der Waals surface area contributed by atoms with Gasteiger partial charge in [-0.1, -0.05) is 48.2 Å². The van der Waals surface area contributed by atoms with Crippen molar-refractivity contribution >= 4 is 11.8 Å². The summed E-state index contributed by atoms with van der Waals surface area (Å²) in [7, 11) is 1.74. The normalized spacial score (nSPS) is 10.9. The van der Waals surface area contributed by atoms with E-state index < -0.39 is 0 Å². The van der Waals surface area contributed by atoms with E-state index in [1.54, 1.807) is 29.4 Å². The Labute approximate surface area is 156 Å². The van der Waals surface area contributed by atoms with Crippen LogP contribution < -0.4 is 5.56 Å². The monoisotopic (exact) mass is 368 g/mol. The van der Waals surface area contributed by atoms with Gasteiger partial charge in [0, 0.05) is 30.5 Å². The van der Waals surface area contributed by atoms with E-state index in [4.69, 9.17) is 0 Å². The summed E-state index contributed by atoms with van der Waals surface area (Å²) in [5.41, 5.74) is 4.46. The molecular weight excluding hydrogens is 347 g/mol. The predicted octanol–water partition coefficient (Wildman–Crippen LogP) is 4.42. The molecule has 0 saturated heterocycles. The highest BCUT2D eigenvalue weighted by Gasteiger charge is 2.13. The second-order valence-electron chi connectivity index (χ2n) is 6.34. The molecule has 0 fully saturated rings. The van der Waals surface area contributed by atoms with Crippen molar-refractivity contribution in [3.05, 3.63) is 92.6 Å². The van der Waals surface area contributed by atoms with Gasteiger partial charge in [0.1, 0.15) is 5.82 Å². The lowest BCUT2D eigenvalue weighted by molar-refractivity contribution is 0.625. The standard InChI is InChI=1S/C21H21FN2OS/c1-14-7-4-5-9-17(14)13-26-21-23-15(2)19(20(25)24(21)3)12-16-8-6-10-18(22)11-16/h4-11H,12-13H2,1-3H3. The van der Waals surface area contributed by atoms with Crippen molar-refractivity contribution < 1.29 is 4.39 Å². The summed E-state index contributed by atoms with van der Waals surface area (Å²) < 4.78 is 15.0. The lowest BCUT2D eigenvalue weighted by Crippen LogP contribution is -2.25. The van der Waals surface area contributed by atoms with Crippen molar-refractivity contribution in [1.29, 1.82) is 0 Å². The number of thioether (sulfide) groups is 1. The molecule has 0 N–H and O–H groups in total. The predicted molar refractivity (Wildman–Crippen MR) is 104 cm³/mol. The van der Waals surface area contributed by atoms with Crippen LogP contribution in [-0.2, 0) is 19.2 Å². The summed E-state index contributed by atoms with van der Waals surface area (Å²) >= 11 is 1.55. The summed E-state index contributed by atoms with van der Waals surface area (Å²) in [4.78, 5) is 17.4. The highest BCUT2D eigenvalue weighted by molar-refractivity contribution is 7.98. The molecule has 134 valence electrons. The third-order valence-electron chi connectivity index (χ3n) is 4.44. The Balaban J connectivity index is 1.86. The first-order chi connectivity index (χ1) is 12.5. The molecule has 0 unspecified atom stereocenters. The van der Waals surface area contributed by atoms with Gasteiger partial charge in [0.2, 0.25) is 0 Å². The van der Waals surface area contributed by atoms with Gasteiger partial charge in [-0.05, 0) is 42.7 Å². The van der Waals surface area contributed by atoms with Gasteiger partial charge in [-0.25, -0.2) is 9.37 Å². The summed E-state index contributed by atoms with van der Waals surface area (Å²) in [5.74, 6) is 0.464. The SMILES string of the molecule is Cc1ccccc1CSc1nc(C)c(Cc2cccc(F)c2)c(=O)n1C. The van der Waals surface area contributed by atoms with E-state index in [-0.39, 0.29) is 11.4 Å². The highest BCUT2D eigenvalue weighted by atomic mass is 32.2. The van der Waals surface area contributed by atoms with Crippen molar-refractivity contribution in [2.24, 2.45) is 7.05 Å². The average Bonchev–Trinajstić information content (AvgIpc) is 2.62. The maximum atomic E-state index is 13.4. The number of hydrogen-bond donors (Lipinski definition) is 0. The molecule has 3 rings (SSSR count). The van der Waals surface area contributed by atoms with Gasteiger partial charge in [-0.15, -0.1) is 0 Å². The largest absolute Gasteiger partial charge is 0.291 e. The fraction of sp³-hybridized carbons (Fsp3) is 0.238. The second kappa shape index (κ2) is 7.87. The van der Waals surface area contributed by atoms with Crippen LogP contribution in [0.3, 0.4) is 0 Å². The van der Waals surface area contributed by atoms with Crippen LogP contribution in [0.5, 0.6) is 0 Å². The lowest BCUT2D eigenvalue weighted by atomic mass is 10.1. The molecule has 0 amide bonds. The number of aryl methyl sites for hydroxylation is 2. The van der Waals surface area contributed by atoms with Gasteiger partial charge in [0.15, 0.2) is 5.16 Å². The molecule has 26 heavy (non-hydrogen) atoms. The minimum absolute atomic E-state index is 0.0750. The molecule has 2 aromatic carbocycles. The maximum Gasteiger partial charge on any atom is 0.257 e. The van der Waals surface area contributed by atoms with Gasteiger partial charge < -0.3 is 0 Å². The summed E-state index contributed by atoms with van der Waals surface area (Å²) in [5, 5.41) is 0.693. The first-order valence-corrected chi connectivity index (χ1v) is 9.42. The van der Waals surface area contributed by atoms with Crippen LogP contribution in [0.1, 0.15) is 27.9 Å². The number of aromatic nitrogens is 2. The molecule has 1 heterocycles. The van der Waals surface area contributed by atoms with Crippen LogP contribution in [0.4, 0.5) is 4.39 Å². The molecule has 0 aliphatic heterocycles. The zero-order valence-corrected chi connectivity index (χ0v) is 15.9. The van der Waals surface area contributed by atoms with E-state index in [0.717, 1.165) is 11.3 Å². The van der Waals surface area contributed by atoms with Gasteiger partial charge in [-0.3, -0.25) is 9.36 Å². The van der Waals surface area contributed by atoms with E-state index >= 15 is 0 Å². The van der Waals surface area contributed by atoms with Crippen LogP contribution in [0.15, 0.2) is 58.5 Å². The van der Waals surface area contributed by atoms with Gasteiger partial charge in [0.25, 0.3) is 5.56 Å². The fourth-order valence-electron chi connectivity index (χ4n) is 2.83. The maximum absolute atomic E-state index is 13.4. The van der Waals surface area contributed by atoms with E-state index in [1.165, 1.54) is 23.3 Å². The van der Waals surface area contributed by atoms with Gasteiger partial charge in [0.05, 0.1) is 0 Å². The Kier molecular flexibility index (Phi) is 5.57. The number of hydrogen-bond acceptors (Lipinski definition) is 3. The van der Waals surface area contributed by atoms with Crippen LogP contribution >= 0.6 is 11.8 Å².